The lowest BCUT2D eigenvalue weighted by atomic mass is 9.92. The van der Waals surface area contributed by atoms with Crippen molar-refractivity contribution in [1.29, 1.82) is 0 Å². The second kappa shape index (κ2) is 8.03. The molecular formula is C23H28N2O4. The van der Waals surface area contributed by atoms with Gasteiger partial charge >= 0.3 is 0 Å². The zero-order chi connectivity index (χ0) is 20.5. The molecule has 154 valence electrons. The van der Waals surface area contributed by atoms with Gasteiger partial charge in [-0.15, -0.1) is 0 Å². The van der Waals surface area contributed by atoms with Crippen molar-refractivity contribution in [2.45, 2.75) is 44.8 Å². The van der Waals surface area contributed by atoms with E-state index in [-0.39, 0.29) is 24.0 Å². The molecule has 0 unspecified atom stereocenters. The lowest BCUT2D eigenvalue weighted by Crippen LogP contribution is -2.26. The zero-order valence-electron chi connectivity index (χ0n) is 17.2. The maximum Gasteiger partial charge on any atom is 0.250 e. The fourth-order valence-corrected chi connectivity index (χ4v) is 4.09. The molecule has 6 nitrogen and oxygen atoms in total. The topological polar surface area (TPSA) is 69.6 Å². The number of hydrogen-bond acceptors (Lipinski definition) is 4. The third-order valence-electron chi connectivity index (χ3n) is 5.82. The summed E-state index contributed by atoms with van der Waals surface area (Å²) in [5.41, 5.74) is 3.72. The van der Waals surface area contributed by atoms with Crippen LogP contribution in [0.2, 0.25) is 0 Å². The van der Waals surface area contributed by atoms with Crippen molar-refractivity contribution >= 4 is 5.91 Å². The number of carbonyl (C=O) groups excluding carboxylic acids is 1. The Hall–Kier alpha value is -2.60. The van der Waals surface area contributed by atoms with Gasteiger partial charge in [-0.3, -0.25) is 9.59 Å². The fourth-order valence-electron chi connectivity index (χ4n) is 4.09. The largest absolute Gasteiger partial charge is 0.497 e. The van der Waals surface area contributed by atoms with Crippen LogP contribution in [0.5, 0.6) is 5.75 Å². The minimum absolute atomic E-state index is 0.0714. The van der Waals surface area contributed by atoms with Crippen molar-refractivity contribution in [3.63, 3.8) is 0 Å². The van der Waals surface area contributed by atoms with E-state index in [1.807, 2.05) is 31.3 Å². The Morgan fingerprint density at radius 3 is 2.66 bits per heavy atom. The first-order valence-corrected chi connectivity index (χ1v) is 10.3. The van der Waals surface area contributed by atoms with Crippen molar-refractivity contribution in [3.8, 4) is 16.9 Å². The van der Waals surface area contributed by atoms with Crippen LogP contribution in [0.4, 0.5) is 0 Å². The molecule has 1 aliphatic carbocycles. The molecular weight excluding hydrogens is 368 g/mol. The molecule has 4 rings (SSSR count). The average molecular weight is 396 g/mol. The Balaban J connectivity index is 1.85. The number of nitrogens with zero attached hydrogens (tertiary/aromatic N) is 1. The summed E-state index contributed by atoms with van der Waals surface area (Å²) in [4.78, 5) is 24.8. The summed E-state index contributed by atoms with van der Waals surface area (Å²) in [5, 5.41) is 2.86. The molecule has 2 aromatic rings. The Bertz CT molecular complexity index is 977. The predicted octanol–water partition coefficient (Wildman–Crippen LogP) is 3.50. The molecule has 6 heteroatoms. The second-order valence-corrected chi connectivity index (χ2v) is 7.99. The molecule has 2 aliphatic rings. The fraction of sp³-hybridized carbons (Fsp3) is 0.478. The van der Waals surface area contributed by atoms with E-state index < -0.39 is 6.10 Å². The maximum absolute atomic E-state index is 12.4. The van der Waals surface area contributed by atoms with Crippen LogP contribution >= 0.6 is 0 Å². The van der Waals surface area contributed by atoms with E-state index in [0.717, 1.165) is 34.4 Å². The standard InChI is InChI=1S/C23H28N2O4/c1-4-24-22(26)12-21-18-11-23(27)25(2)13-19(18)16-8-7-15(28-3)10-17(16)20(29-21)9-14-5-6-14/h7-8,10-11,13-14,20-21H,4-6,9,12H2,1-3H3,(H,24,26)/t20-,21-/m0/s1. The molecule has 1 aliphatic heterocycles. The van der Waals surface area contributed by atoms with Crippen LogP contribution in [0.3, 0.4) is 0 Å². The number of pyridine rings is 1. The van der Waals surface area contributed by atoms with E-state index in [9.17, 15) is 9.59 Å². The van der Waals surface area contributed by atoms with Crippen molar-refractivity contribution < 1.29 is 14.3 Å². The number of hydrogen-bond donors (Lipinski definition) is 1. The highest BCUT2D eigenvalue weighted by atomic mass is 16.5. The summed E-state index contributed by atoms with van der Waals surface area (Å²) >= 11 is 0. The van der Waals surface area contributed by atoms with Crippen LogP contribution in [0.15, 0.2) is 35.3 Å². The first-order chi connectivity index (χ1) is 14.0. The summed E-state index contributed by atoms with van der Waals surface area (Å²) in [6, 6.07) is 7.62. The summed E-state index contributed by atoms with van der Waals surface area (Å²) in [5.74, 6) is 1.36. The van der Waals surface area contributed by atoms with Gasteiger partial charge < -0.3 is 19.4 Å². The first kappa shape index (κ1) is 19.7. The van der Waals surface area contributed by atoms with E-state index in [4.69, 9.17) is 9.47 Å². The number of carbonyl (C=O) groups is 1. The normalized spacial score (nSPS) is 20.4. The van der Waals surface area contributed by atoms with E-state index in [1.54, 1.807) is 24.8 Å². The minimum atomic E-state index is -0.465. The summed E-state index contributed by atoms with van der Waals surface area (Å²) < 4.78 is 13.6. The van der Waals surface area contributed by atoms with Crippen LogP contribution in [0.1, 0.15) is 55.9 Å². The number of nitrogens with one attached hydrogen (secondary N) is 1. The molecule has 0 spiro atoms. The van der Waals surface area contributed by atoms with E-state index in [2.05, 4.69) is 5.32 Å². The van der Waals surface area contributed by atoms with Crippen LogP contribution in [0, 0.1) is 5.92 Å². The average Bonchev–Trinajstić information content (AvgIpc) is 3.53. The van der Waals surface area contributed by atoms with Gasteiger partial charge in [0.1, 0.15) is 5.75 Å². The van der Waals surface area contributed by atoms with Crippen LogP contribution in [-0.4, -0.2) is 24.1 Å². The molecule has 0 saturated heterocycles. The third kappa shape index (κ3) is 4.08. The van der Waals surface area contributed by atoms with Gasteiger partial charge in [0, 0.05) is 31.4 Å². The number of ether oxygens (including phenoxy) is 2. The Labute approximate surface area is 170 Å². The molecule has 0 radical (unpaired) electrons. The molecule has 0 bridgehead atoms. The monoisotopic (exact) mass is 396 g/mol. The summed E-state index contributed by atoms with van der Waals surface area (Å²) in [6.45, 7) is 2.46. The van der Waals surface area contributed by atoms with Gasteiger partial charge in [-0.2, -0.15) is 0 Å². The van der Waals surface area contributed by atoms with Gasteiger partial charge in [-0.05, 0) is 48.1 Å². The Morgan fingerprint density at radius 2 is 1.97 bits per heavy atom. The first-order valence-electron chi connectivity index (χ1n) is 10.3. The number of benzene rings is 1. The van der Waals surface area contributed by atoms with Crippen LogP contribution in [-0.2, 0) is 16.6 Å². The molecule has 1 aromatic heterocycles. The highest BCUT2D eigenvalue weighted by molar-refractivity contribution is 5.78. The predicted molar refractivity (Wildman–Crippen MR) is 111 cm³/mol. The van der Waals surface area contributed by atoms with Gasteiger partial charge in [0.2, 0.25) is 5.91 Å². The van der Waals surface area contributed by atoms with Crippen LogP contribution in [0.25, 0.3) is 11.1 Å². The number of aromatic nitrogens is 1. The molecule has 29 heavy (non-hydrogen) atoms. The summed E-state index contributed by atoms with van der Waals surface area (Å²) in [6.07, 6.45) is 4.79. The molecule has 1 N–H and O–H groups in total. The van der Waals surface area contributed by atoms with Crippen molar-refractivity contribution in [2.24, 2.45) is 13.0 Å². The lowest BCUT2D eigenvalue weighted by Gasteiger charge is -2.24. The molecule has 2 atom stereocenters. The molecule has 1 amide bonds. The number of aryl methyl sites for hydroxylation is 1. The summed E-state index contributed by atoms with van der Waals surface area (Å²) in [7, 11) is 3.41. The smallest absolute Gasteiger partial charge is 0.250 e. The maximum atomic E-state index is 12.4. The quantitative estimate of drug-likeness (QED) is 0.811. The van der Waals surface area contributed by atoms with E-state index >= 15 is 0 Å². The van der Waals surface area contributed by atoms with Gasteiger partial charge in [-0.25, -0.2) is 0 Å². The number of methoxy groups -OCH3 is 1. The van der Waals surface area contributed by atoms with E-state index in [0.29, 0.717) is 12.5 Å². The van der Waals surface area contributed by atoms with Gasteiger partial charge in [0.05, 0.1) is 25.7 Å². The molecule has 1 saturated carbocycles. The highest BCUT2D eigenvalue weighted by Gasteiger charge is 2.35. The molecule has 1 fully saturated rings. The number of fused-ring (bicyclic) bond motifs is 3. The van der Waals surface area contributed by atoms with Gasteiger partial charge in [-0.1, -0.05) is 18.9 Å². The molecule has 2 heterocycles. The molecule has 1 aromatic carbocycles. The SMILES string of the molecule is CCNC(=O)C[C@@H]1O[C@@H](CC2CC2)c2cc(OC)ccc2-c2cn(C)c(=O)cc21. The highest BCUT2D eigenvalue weighted by Crippen LogP contribution is 2.48. The van der Waals surface area contributed by atoms with Crippen molar-refractivity contribution in [3.05, 3.63) is 51.9 Å². The zero-order valence-corrected chi connectivity index (χ0v) is 17.2. The third-order valence-corrected chi connectivity index (χ3v) is 5.82. The van der Waals surface area contributed by atoms with Crippen LogP contribution < -0.4 is 15.6 Å². The Morgan fingerprint density at radius 1 is 1.21 bits per heavy atom. The number of rotatable bonds is 6. The van der Waals surface area contributed by atoms with Crippen molar-refractivity contribution in [2.75, 3.05) is 13.7 Å². The number of amides is 1. The second-order valence-electron chi connectivity index (χ2n) is 7.99. The van der Waals surface area contributed by atoms with Crippen molar-refractivity contribution in [1.82, 2.24) is 9.88 Å². The van der Waals surface area contributed by atoms with E-state index in [1.165, 1.54) is 12.8 Å². The van der Waals surface area contributed by atoms with Gasteiger partial charge in [0.25, 0.3) is 5.56 Å². The van der Waals surface area contributed by atoms with Gasteiger partial charge in [0.15, 0.2) is 0 Å². The lowest BCUT2D eigenvalue weighted by molar-refractivity contribution is -0.125. The minimum Gasteiger partial charge on any atom is -0.497 e. The Kier molecular flexibility index (Phi) is 5.46.